The molecule has 1 unspecified atom stereocenters. The van der Waals surface area contributed by atoms with Crippen LogP contribution in [0.3, 0.4) is 0 Å². The normalized spacial score (nSPS) is 12.0. The number of carbonyl (C=O) groups excluding carboxylic acids is 1. The minimum absolute atomic E-state index is 0.194. The molecular formula is C16H23BrClNO2. The largest absolute Gasteiger partial charge is 0.464 e. The van der Waals surface area contributed by atoms with Crippen molar-refractivity contribution in [2.45, 2.75) is 52.0 Å². The van der Waals surface area contributed by atoms with Crippen LogP contribution in [0, 0.1) is 0 Å². The van der Waals surface area contributed by atoms with Gasteiger partial charge in [-0.3, -0.25) is 0 Å². The van der Waals surface area contributed by atoms with E-state index in [1.54, 1.807) is 6.07 Å². The second kappa shape index (κ2) is 10.1. The third kappa shape index (κ3) is 6.70. The van der Waals surface area contributed by atoms with E-state index in [2.05, 4.69) is 28.2 Å². The van der Waals surface area contributed by atoms with E-state index >= 15 is 0 Å². The summed E-state index contributed by atoms with van der Waals surface area (Å²) in [6.07, 6.45) is 5.31. The lowest BCUT2D eigenvalue weighted by molar-refractivity contribution is -0.144. The smallest absolute Gasteiger partial charge is 0.328 e. The summed E-state index contributed by atoms with van der Waals surface area (Å²) in [6.45, 7) is 4.40. The van der Waals surface area contributed by atoms with Gasteiger partial charge < -0.3 is 10.1 Å². The minimum Gasteiger partial charge on any atom is -0.464 e. The van der Waals surface area contributed by atoms with Crippen molar-refractivity contribution in [3.05, 3.63) is 27.7 Å². The second-order valence-electron chi connectivity index (χ2n) is 4.93. The second-order valence-corrected chi connectivity index (χ2v) is 6.19. The molecule has 0 heterocycles. The van der Waals surface area contributed by atoms with Crippen LogP contribution < -0.4 is 5.32 Å². The standard InChI is InChI=1S/C16H23BrClNO2/c1-3-5-6-7-8-15(16(20)21-4-2)19-12-9-10-14(18)13(17)11-12/h9-11,15,19H,3-8H2,1-2H3. The zero-order chi connectivity index (χ0) is 15.7. The van der Waals surface area contributed by atoms with E-state index in [9.17, 15) is 4.79 Å². The number of hydrogen-bond acceptors (Lipinski definition) is 3. The van der Waals surface area contributed by atoms with Gasteiger partial charge in [0.2, 0.25) is 0 Å². The van der Waals surface area contributed by atoms with Crippen molar-refractivity contribution >= 4 is 39.2 Å². The Bertz CT molecular complexity index is 454. The zero-order valence-corrected chi connectivity index (χ0v) is 15.0. The van der Waals surface area contributed by atoms with Gasteiger partial charge in [0.15, 0.2) is 0 Å². The molecule has 0 aliphatic heterocycles. The summed E-state index contributed by atoms with van der Waals surface area (Å²) in [5.41, 5.74) is 0.861. The molecule has 21 heavy (non-hydrogen) atoms. The molecule has 0 amide bonds. The number of halogens is 2. The predicted octanol–water partition coefficient (Wildman–Crippen LogP) is 5.42. The van der Waals surface area contributed by atoms with Gasteiger partial charge in [-0.15, -0.1) is 0 Å². The molecule has 1 rings (SSSR count). The molecule has 0 spiro atoms. The summed E-state index contributed by atoms with van der Waals surface area (Å²) < 4.78 is 5.96. The van der Waals surface area contributed by atoms with Gasteiger partial charge in [0, 0.05) is 10.2 Å². The van der Waals surface area contributed by atoms with Crippen LogP contribution in [0.15, 0.2) is 22.7 Å². The van der Waals surface area contributed by atoms with Gasteiger partial charge in [-0.05, 0) is 47.5 Å². The van der Waals surface area contributed by atoms with Gasteiger partial charge in [-0.2, -0.15) is 0 Å². The molecular weight excluding hydrogens is 354 g/mol. The van der Waals surface area contributed by atoms with Crippen molar-refractivity contribution in [1.29, 1.82) is 0 Å². The Morgan fingerprint density at radius 2 is 2.10 bits per heavy atom. The summed E-state index contributed by atoms with van der Waals surface area (Å²) in [6, 6.07) is 5.23. The van der Waals surface area contributed by atoms with Crippen molar-refractivity contribution in [1.82, 2.24) is 0 Å². The Labute approximate surface area is 140 Å². The Morgan fingerprint density at radius 1 is 1.33 bits per heavy atom. The lowest BCUT2D eigenvalue weighted by Gasteiger charge is -2.18. The van der Waals surface area contributed by atoms with Crippen LogP contribution in [0.1, 0.15) is 46.0 Å². The topological polar surface area (TPSA) is 38.3 Å². The molecule has 0 saturated carbocycles. The SMILES string of the molecule is CCCCCCC(Nc1ccc(Cl)c(Br)c1)C(=O)OCC. The van der Waals surface area contributed by atoms with Crippen molar-refractivity contribution in [2.24, 2.45) is 0 Å². The highest BCUT2D eigenvalue weighted by Gasteiger charge is 2.19. The van der Waals surface area contributed by atoms with Gasteiger partial charge in [-0.25, -0.2) is 4.79 Å². The molecule has 1 aromatic carbocycles. The molecule has 118 valence electrons. The van der Waals surface area contributed by atoms with E-state index < -0.39 is 0 Å². The van der Waals surface area contributed by atoms with Gasteiger partial charge in [0.1, 0.15) is 6.04 Å². The van der Waals surface area contributed by atoms with E-state index in [-0.39, 0.29) is 12.0 Å². The highest BCUT2D eigenvalue weighted by atomic mass is 79.9. The Morgan fingerprint density at radius 3 is 2.71 bits per heavy atom. The quantitative estimate of drug-likeness (QED) is 0.462. The number of hydrogen-bond donors (Lipinski definition) is 1. The van der Waals surface area contributed by atoms with Gasteiger partial charge in [0.05, 0.1) is 11.6 Å². The van der Waals surface area contributed by atoms with Crippen LogP contribution in [0.4, 0.5) is 5.69 Å². The fraction of sp³-hybridized carbons (Fsp3) is 0.562. The molecule has 1 N–H and O–H groups in total. The predicted molar refractivity (Wildman–Crippen MR) is 92.0 cm³/mol. The number of ether oxygens (including phenoxy) is 1. The number of rotatable bonds is 9. The monoisotopic (exact) mass is 375 g/mol. The fourth-order valence-corrected chi connectivity index (χ4v) is 2.55. The Balaban J connectivity index is 2.66. The average molecular weight is 377 g/mol. The summed E-state index contributed by atoms with van der Waals surface area (Å²) in [7, 11) is 0. The zero-order valence-electron chi connectivity index (χ0n) is 12.6. The van der Waals surface area contributed by atoms with E-state index in [0.717, 1.165) is 29.4 Å². The first-order valence-corrected chi connectivity index (χ1v) is 8.63. The molecule has 0 fully saturated rings. The van der Waals surface area contributed by atoms with Crippen LogP contribution >= 0.6 is 27.5 Å². The summed E-state index contributed by atoms with van der Waals surface area (Å²) >= 11 is 9.37. The van der Waals surface area contributed by atoms with Crippen LogP contribution in [-0.4, -0.2) is 18.6 Å². The van der Waals surface area contributed by atoms with Crippen LogP contribution in [0.25, 0.3) is 0 Å². The van der Waals surface area contributed by atoms with Crippen molar-refractivity contribution in [3.8, 4) is 0 Å². The maximum absolute atomic E-state index is 12.0. The first-order chi connectivity index (χ1) is 10.1. The minimum atomic E-state index is -0.310. The van der Waals surface area contributed by atoms with Gasteiger partial charge in [0.25, 0.3) is 0 Å². The first-order valence-electron chi connectivity index (χ1n) is 7.46. The number of unbranched alkanes of at least 4 members (excludes halogenated alkanes) is 3. The third-order valence-electron chi connectivity index (χ3n) is 3.18. The van der Waals surface area contributed by atoms with E-state index in [4.69, 9.17) is 16.3 Å². The first kappa shape index (κ1) is 18.3. The maximum Gasteiger partial charge on any atom is 0.328 e. The number of carbonyl (C=O) groups is 1. The molecule has 0 saturated heterocycles. The number of esters is 1. The molecule has 5 heteroatoms. The number of benzene rings is 1. The van der Waals surface area contributed by atoms with E-state index in [1.165, 1.54) is 12.8 Å². The Kier molecular flexibility index (Phi) is 8.77. The Hall–Kier alpha value is -0.740. The molecule has 0 aromatic heterocycles. The fourth-order valence-electron chi connectivity index (χ4n) is 2.05. The van der Waals surface area contributed by atoms with Crippen LogP contribution in [0.5, 0.6) is 0 Å². The molecule has 0 radical (unpaired) electrons. The summed E-state index contributed by atoms with van der Waals surface area (Å²) in [5.74, 6) is -0.194. The van der Waals surface area contributed by atoms with Crippen molar-refractivity contribution < 1.29 is 9.53 Å². The number of nitrogens with one attached hydrogen (secondary N) is 1. The maximum atomic E-state index is 12.0. The lowest BCUT2D eigenvalue weighted by Crippen LogP contribution is -2.31. The molecule has 0 aliphatic rings. The highest BCUT2D eigenvalue weighted by molar-refractivity contribution is 9.10. The summed E-state index contributed by atoms with van der Waals surface area (Å²) in [5, 5.41) is 3.89. The van der Waals surface area contributed by atoms with Crippen molar-refractivity contribution in [3.63, 3.8) is 0 Å². The third-order valence-corrected chi connectivity index (χ3v) is 4.39. The highest BCUT2D eigenvalue weighted by Crippen LogP contribution is 2.26. The van der Waals surface area contributed by atoms with Crippen LogP contribution in [-0.2, 0) is 9.53 Å². The molecule has 0 bridgehead atoms. The molecule has 1 aromatic rings. The van der Waals surface area contributed by atoms with Gasteiger partial charge in [-0.1, -0.05) is 44.2 Å². The molecule has 0 aliphatic carbocycles. The van der Waals surface area contributed by atoms with Crippen LogP contribution in [0.2, 0.25) is 5.02 Å². The summed E-state index contributed by atoms with van der Waals surface area (Å²) in [4.78, 5) is 12.0. The molecule has 1 atom stereocenters. The van der Waals surface area contributed by atoms with Crippen molar-refractivity contribution in [2.75, 3.05) is 11.9 Å². The van der Waals surface area contributed by atoms with E-state index in [0.29, 0.717) is 11.6 Å². The van der Waals surface area contributed by atoms with E-state index in [1.807, 2.05) is 19.1 Å². The van der Waals surface area contributed by atoms with Gasteiger partial charge >= 0.3 is 5.97 Å². The lowest BCUT2D eigenvalue weighted by atomic mass is 10.1. The average Bonchev–Trinajstić information content (AvgIpc) is 2.46. The molecule has 3 nitrogen and oxygen atoms in total. The number of anilines is 1.